The van der Waals surface area contributed by atoms with Gasteiger partial charge in [-0.25, -0.2) is 8.42 Å². The Bertz CT molecular complexity index is 763. The predicted molar refractivity (Wildman–Crippen MR) is 91.4 cm³/mol. The number of carbonyl (C=O) groups is 1. The summed E-state index contributed by atoms with van der Waals surface area (Å²) in [5.74, 6) is -0.416. The van der Waals surface area contributed by atoms with Crippen molar-refractivity contribution in [1.82, 2.24) is 0 Å². The molecule has 2 rings (SSSR count). The first-order valence-electron chi connectivity index (χ1n) is 6.45. The molecule has 5 nitrogen and oxygen atoms in total. The Labute approximate surface area is 138 Å². The molecule has 22 heavy (non-hydrogen) atoms. The second-order valence-electron chi connectivity index (χ2n) is 4.63. The Morgan fingerprint density at radius 3 is 2.27 bits per heavy atom. The van der Waals surface area contributed by atoms with Gasteiger partial charge in [0.1, 0.15) is 6.54 Å². The molecule has 0 saturated heterocycles. The van der Waals surface area contributed by atoms with E-state index in [9.17, 15) is 13.2 Å². The zero-order valence-corrected chi connectivity index (χ0v) is 14.3. The van der Waals surface area contributed by atoms with Crippen LogP contribution in [-0.2, 0) is 14.8 Å². The summed E-state index contributed by atoms with van der Waals surface area (Å²) in [7, 11) is -3.55. The minimum Gasteiger partial charge on any atom is -0.323 e. The van der Waals surface area contributed by atoms with Crippen LogP contribution in [0.3, 0.4) is 0 Å². The van der Waals surface area contributed by atoms with Gasteiger partial charge < -0.3 is 5.32 Å². The van der Waals surface area contributed by atoms with E-state index in [-0.39, 0.29) is 6.54 Å². The summed E-state index contributed by atoms with van der Waals surface area (Å²) in [6.45, 7) is -0.288. The van der Waals surface area contributed by atoms with Gasteiger partial charge >= 0.3 is 0 Å². The second-order valence-corrected chi connectivity index (χ2v) is 7.39. The monoisotopic (exact) mass is 382 g/mol. The van der Waals surface area contributed by atoms with Crippen LogP contribution in [0.25, 0.3) is 0 Å². The molecule has 0 atom stereocenters. The van der Waals surface area contributed by atoms with E-state index in [2.05, 4.69) is 21.2 Å². The van der Waals surface area contributed by atoms with E-state index < -0.39 is 15.9 Å². The van der Waals surface area contributed by atoms with Crippen molar-refractivity contribution in [2.24, 2.45) is 0 Å². The molecule has 0 bridgehead atoms. The van der Waals surface area contributed by atoms with Crippen molar-refractivity contribution in [3.8, 4) is 0 Å². The molecule has 0 aliphatic carbocycles. The van der Waals surface area contributed by atoms with Crippen molar-refractivity contribution in [2.45, 2.75) is 0 Å². The number of anilines is 2. The third-order valence-electron chi connectivity index (χ3n) is 2.88. The largest absolute Gasteiger partial charge is 0.323 e. The van der Waals surface area contributed by atoms with Crippen LogP contribution in [0.15, 0.2) is 59.1 Å². The number of halogens is 1. The Morgan fingerprint density at radius 2 is 1.68 bits per heavy atom. The van der Waals surface area contributed by atoms with Crippen LogP contribution in [0.4, 0.5) is 11.4 Å². The quantitative estimate of drug-likeness (QED) is 0.864. The van der Waals surface area contributed by atoms with Crippen molar-refractivity contribution in [2.75, 3.05) is 22.4 Å². The third kappa shape index (κ3) is 4.32. The number of hydrogen-bond acceptors (Lipinski definition) is 3. The summed E-state index contributed by atoms with van der Waals surface area (Å²) in [4.78, 5) is 12.2. The van der Waals surface area contributed by atoms with Crippen LogP contribution >= 0.6 is 15.9 Å². The lowest BCUT2D eigenvalue weighted by Crippen LogP contribution is -2.37. The molecule has 1 amide bonds. The molecule has 0 saturated carbocycles. The molecule has 2 aromatic rings. The molecule has 0 heterocycles. The van der Waals surface area contributed by atoms with Gasteiger partial charge in [0.05, 0.1) is 17.6 Å². The van der Waals surface area contributed by atoms with Gasteiger partial charge in [-0.1, -0.05) is 30.3 Å². The SMILES string of the molecule is CS(=O)(=O)N(CC(=O)Nc1ccccc1Br)c1ccccc1. The van der Waals surface area contributed by atoms with Gasteiger partial charge in [0.25, 0.3) is 0 Å². The molecule has 0 aromatic heterocycles. The second kappa shape index (κ2) is 6.93. The van der Waals surface area contributed by atoms with Gasteiger partial charge in [-0.2, -0.15) is 0 Å². The number of benzene rings is 2. The zero-order chi connectivity index (χ0) is 16.2. The van der Waals surface area contributed by atoms with E-state index in [0.29, 0.717) is 11.4 Å². The summed E-state index contributed by atoms with van der Waals surface area (Å²) < 4.78 is 25.6. The molecule has 0 aliphatic rings. The van der Waals surface area contributed by atoms with Crippen molar-refractivity contribution >= 4 is 43.2 Å². The molecular weight excluding hydrogens is 368 g/mol. The van der Waals surface area contributed by atoms with E-state index in [1.807, 2.05) is 6.07 Å². The van der Waals surface area contributed by atoms with Crippen LogP contribution < -0.4 is 9.62 Å². The predicted octanol–water partition coefficient (Wildman–Crippen LogP) is 2.85. The summed E-state index contributed by atoms with van der Waals surface area (Å²) in [5.41, 5.74) is 1.04. The topological polar surface area (TPSA) is 66.5 Å². The first kappa shape index (κ1) is 16.5. The molecule has 0 radical (unpaired) electrons. The number of nitrogens with one attached hydrogen (secondary N) is 1. The van der Waals surface area contributed by atoms with Gasteiger partial charge in [-0.3, -0.25) is 9.10 Å². The third-order valence-corrected chi connectivity index (χ3v) is 4.71. The molecule has 0 unspecified atom stereocenters. The zero-order valence-electron chi connectivity index (χ0n) is 11.9. The fraction of sp³-hybridized carbons (Fsp3) is 0.133. The smallest absolute Gasteiger partial charge is 0.245 e. The average molecular weight is 383 g/mol. The lowest BCUT2D eigenvalue weighted by atomic mass is 10.3. The highest BCUT2D eigenvalue weighted by molar-refractivity contribution is 9.10. The number of carbonyl (C=O) groups excluding carboxylic acids is 1. The number of sulfonamides is 1. The molecule has 116 valence electrons. The lowest BCUT2D eigenvalue weighted by molar-refractivity contribution is -0.114. The number of amides is 1. The van der Waals surface area contributed by atoms with Gasteiger partial charge in [-0.15, -0.1) is 0 Å². The van der Waals surface area contributed by atoms with Gasteiger partial charge in [-0.05, 0) is 40.2 Å². The van der Waals surface area contributed by atoms with Crippen LogP contribution in [0.1, 0.15) is 0 Å². The number of para-hydroxylation sites is 2. The lowest BCUT2D eigenvalue weighted by Gasteiger charge is -2.21. The number of hydrogen-bond donors (Lipinski definition) is 1. The van der Waals surface area contributed by atoms with Gasteiger partial charge in [0, 0.05) is 4.47 Å². The summed E-state index contributed by atoms with van der Waals surface area (Å²) in [6.07, 6.45) is 1.08. The van der Waals surface area contributed by atoms with Crippen molar-refractivity contribution in [1.29, 1.82) is 0 Å². The Kier molecular flexibility index (Phi) is 5.20. The molecule has 0 fully saturated rings. The highest BCUT2D eigenvalue weighted by Gasteiger charge is 2.20. The van der Waals surface area contributed by atoms with Gasteiger partial charge in [0.15, 0.2) is 0 Å². The Hall–Kier alpha value is -1.86. The van der Waals surface area contributed by atoms with Crippen LogP contribution in [0.5, 0.6) is 0 Å². The maximum absolute atomic E-state index is 12.2. The molecule has 0 spiro atoms. The fourth-order valence-corrected chi connectivity index (χ4v) is 3.12. The summed E-state index contributed by atoms with van der Waals surface area (Å²) in [6, 6.07) is 15.7. The van der Waals surface area contributed by atoms with E-state index in [4.69, 9.17) is 0 Å². The Morgan fingerprint density at radius 1 is 1.09 bits per heavy atom. The van der Waals surface area contributed by atoms with Crippen molar-refractivity contribution in [3.63, 3.8) is 0 Å². The van der Waals surface area contributed by atoms with Gasteiger partial charge in [0.2, 0.25) is 15.9 Å². The molecule has 7 heteroatoms. The standard InChI is InChI=1S/C15H15BrN2O3S/c1-22(20,21)18(12-7-3-2-4-8-12)11-15(19)17-14-10-6-5-9-13(14)16/h2-10H,11H2,1H3,(H,17,19). The van der Waals surface area contributed by atoms with Crippen LogP contribution in [0, 0.1) is 0 Å². The first-order chi connectivity index (χ1) is 10.4. The first-order valence-corrected chi connectivity index (χ1v) is 9.09. The molecular formula is C15H15BrN2O3S. The summed E-state index contributed by atoms with van der Waals surface area (Å²) in [5, 5.41) is 2.69. The maximum atomic E-state index is 12.2. The minimum absolute atomic E-state index is 0.288. The van der Waals surface area contributed by atoms with E-state index >= 15 is 0 Å². The molecule has 0 aliphatic heterocycles. The van der Waals surface area contributed by atoms with Crippen molar-refractivity contribution in [3.05, 3.63) is 59.1 Å². The van der Waals surface area contributed by atoms with Crippen LogP contribution in [0.2, 0.25) is 0 Å². The Balaban J connectivity index is 2.18. The molecule has 1 N–H and O–H groups in total. The molecule has 2 aromatic carbocycles. The van der Waals surface area contributed by atoms with Crippen LogP contribution in [-0.4, -0.2) is 27.1 Å². The highest BCUT2D eigenvalue weighted by Crippen LogP contribution is 2.22. The number of nitrogens with zero attached hydrogens (tertiary/aromatic N) is 1. The van der Waals surface area contributed by atoms with E-state index in [1.165, 1.54) is 0 Å². The van der Waals surface area contributed by atoms with Crippen molar-refractivity contribution < 1.29 is 13.2 Å². The average Bonchev–Trinajstić information content (AvgIpc) is 2.47. The fourth-order valence-electron chi connectivity index (χ4n) is 1.88. The normalized spacial score (nSPS) is 11.0. The van der Waals surface area contributed by atoms with E-state index in [1.54, 1.807) is 48.5 Å². The number of rotatable bonds is 5. The highest BCUT2D eigenvalue weighted by atomic mass is 79.9. The summed E-state index contributed by atoms with van der Waals surface area (Å²) >= 11 is 3.33. The minimum atomic E-state index is -3.55. The van der Waals surface area contributed by atoms with E-state index in [0.717, 1.165) is 15.0 Å². The maximum Gasteiger partial charge on any atom is 0.245 e.